The van der Waals surface area contributed by atoms with Crippen LogP contribution in [-0.4, -0.2) is 24.4 Å². The standard InChI is InChI=1S/C12H24O2/c1-9(2)11-5-4-10(3)8-12(11)14-7-6-13/h9-13H,4-8H2,1-3H3/t10-,11?,12?/m1/s1. The van der Waals surface area contributed by atoms with Gasteiger partial charge in [-0.25, -0.2) is 0 Å². The minimum atomic E-state index is 0.149. The van der Waals surface area contributed by atoms with Gasteiger partial charge < -0.3 is 9.84 Å². The van der Waals surface area contributed by atoms with Gasteiger partial charge in [-0.3, -0.25) is 0 Å². The SMILES string of the molecule is CC(C)C1CC[C@@H](C)CC1OCCO. The minimum absolute atomic E-state index is 0.149. The van der Waals surface area contributed by atoms with Crippen LogP contribution in [-0.2, 0) is 4.74 Å². The molecule has 14 heavy (non-hydrogen) atoms. The summed E-state index contributed by atoms with van der Waals surface area (Å²) >= 11 is 0. The first-order valence-electron chi connectivity index (χ1n) is 5.87. The summed E-state index contributed by atoms with van der Waals surface area (Å²) in [6.07, 6.45) is 4.17. The molecular weight excluding hydrogens is 176 g/mol. The first-order chi connectivity index (χ1) is 6.65. The monoisotopic (exact) mass is 200 g/mol. The van der Waals surface area contributed by atoms with Crippen molar-refractivity contribution in [3.05, 3.63) is 0 Å². The highest BCUT2D eigenvalue weighted by molar-refractivity contribution is 4.81. The van der Waals surface area contributed by atoms with Gasteiger partial charge >= 0.3 is 0 Å². The average molecular weight is 200 g/mol. The van der Waals surface area contributed by atoms with Crippen molar-refractivity contribution < 1.29 is 9.84 Å². The van der Waals surface area contributed by atoms with Crippen LogP contribution >= 0.6 is 0 Å². The molecular formula is C12H24O2. The Morgan fingerprint density at radius 2 is 2.07 bits per heavy atom. The molecule has 0 spiro atoms. The van der Waals surface area contributed by atoms with Gasteiger partial charge in [0.25, 0.3) is 0 Å². The zero-order chi connectivity index (χ0) is 10.6. The van der Waals surface area contributed by atoms with E-state index in [0.29, 0.717) is 24.5 Å². The van der Waals surface area contributed by atoms with Crippen LogP contribution < -0.4 is 0 Å². The van der Waals surface area contributed by atoms with E-state index < -0.39 is 0 Å². The molecule has 2 unspecified atom stereocenters. The molecule has 0 bridgehead atoms. The maximum absolute atomic E-state index is 8.76. The number of ether oxygens (including phenoxy) is 1. The van der Waals surface area contributed by atoms with Gasteiger partial charge in [0.15, 0.2) is 0 Å². The molecule has 0 amide bonds. The smallest absolute Gasteiger partial charge is 0.0701 e. The van der Waals surface area contributed by atoms with Gasteiger partial charge in [0.05, 0.1) is 19.3 Å². The van der Waals surface area contributed by atoms with Gasteiger partial charge in [0.1, 0.15) is 0 Å². The van der Waals surface area contributed by atoms with Crippen LogP contribution in [0.25, 0.3) is 0 Å². The Bertz CT molecular complexity index is 156. The molecule has 0 aliphatic heterocycles. The number of rotatable bonds is 4. The van der Waals surface area contributed by atoms with Crippen molar-refractivity contribution in [3.8, 4) is 0 Å². The number of aliphatic hydroxyl groups is 1. The normalized spacial score (nSPS) is 33.6. The molecule has 1 rings (SSSR count). The van der Waals surface area contributed by atoms with E-state index in [2.05, 4.69) is 20.8 Å². The Morgan fingerprint density at radius 1 is 1.36 bits per heavy atom. The van der Waals surface area contributed by atoms with Crippen molar-refractivity contribution in [2.75, 3.05) is 13.2 Å². The molecule has 3 atom stereocenters. The lowest BCUT2D eigenvalue weighted by Crippen LogP contribution is -2.34. The van der Waals surface area contributed by atoms with Crippen molar-refractivity contribution in [2.24, 2.45) is 17.8 Å². The third kappa shape index (κ3) is 3.25. The highest BCUT2D eigenvalue weighted by atomic mass is 16.5. The second-order valence-electron chi connectivity index (χ2n) is 4.96. The van der Waals surface area contributed by atoms with Crippen LogP contribution in [0.4, 0.5) is 0 Å². The lowest BCUT2D eigenvalue weighted by molar-refractivity contribution is -0.0489. The zero-order valence-electron chi connectivity index (χ0n) is 9.70. The van der Waals surface area contributed by atoms with Gasteiger partial charge in [0, 0.05) is 0 Å². The van der Waals surface area contributed by atoms with E-state index in [1.165, 1.54) is 19.3 Å². The first kappa shape index (κ1) is 12.0. The van der Waals surface area contributed by atoms with E-state index in [1.807, 2.05) is 0 Å². The van der Waals surface area contributed by atoms with Crippen molar-refractivity contribution in [1.29, 1.82) is 0 Å². The third-order valence-corrected chi connectivity index (χ3v) is 3.38. The third-order valence-electron chi connectivity index (χ3n) is 3.38. The predicted octanol–water partition coefficient (Wildman–Crippen LogP) is 2.46. The second kappa shape index (κ2) is 5.72. The van der Waals surface area contributed by atoms with Gasteiger partial charge in [-0.2, -0.15) is 0 Å². The second-order valence-corrected chi connectivity index (χ2v) is 4.96. The Hall–Kier alpha value is -0.0800. The predicted molar refractivity (Wildman–Crippen MR) is 58.2 cm³/mol. The van der Waals surface area contributed by atoms with Crippen LogP contribution in [0.5, 0.6) is 0 Å². The summed E-state index contributed by atoms with van der Waals surface area (Å²) in [5, 5.41) is 8.76. The fourth-order valence-electron chi connectivity index (χ4n) is 2.51. The van der Waals surface area contributed by atoms with E-state index in [-0.39, 0.29) is 6.61 Å². The molecule has 1 N–H and O–H groups in total. The van der Waals surface area contributed by atoms with E-state index in [1.54, 1.807) is 0 Å². The molecule has 2 nitrogen and oxygen atoms in total. The quantitative estimate of drug-likeness (QED) is 0.755. The fraction of sp³-hybridized carbons (Fsp3) is 1.00. The summed E-state index contributed by atoms with van der Waals surface area (Å²) in [4.78, 5) is 0. The Labute approximate surface area is 87.7 Å². The molecule has 0 heterocycles. The summed E-state index contributed by atoms with van der Waals surface area (Å²) in [6.45, 7) is 7.49. The topological polar surface area (TPSA) is 29.5 Å². The Balaban J connectivity index is 2.45. The molecule has 0 saturated heterocycles. The maximum Gasteiger partial charge on any atom is 0.0701 e. The summed E-state index contributed by atoms with van der Waals surface area (Å²) < 4.78 is 5.73. The van der Waals surface area contributed by atoms with Crippen molar-refractivity contribution in [3.63, 3.8) is 0 Å². The highest BCUT2D eigenvalue weighted by Crippen LogP contribution is 2.35. The molecule has 1 fully saturated rings. The van der Waals surface area contributed by atoms with Gasteiger partial charge in [-0.1, -0.05) is 27.2 Å². The lowest BCUT2D eigenvalue weighted by atomic mass is 9.75. The summed E-state index contributed by atoms with van der Waals surface area (Å²) in [5.74, 6) is 2.18. The van der Waals surface area contributed by atoms with E-state index in [4.69, 9.17) is 9.84 Å². The van der Waals surface area contributed by atoms with E-state index in [0.717, 1.165) is 5.92 Å². The number of aliphatic hydroxyl groups excluding tert-OH is 1. The van der Waals surface area contributed by atoms with Crippen molar-refractivity contribution in [1.82, 2.24) is 0 Å². The largest absolute Gasteiger partial charge is 0.394 e. The maximum atomic E-state index is 8.76. The molecule has 1 saturated carbocycles. The number of hydrogen-bond donors (Lipinski definition) is 1. The average Bonchev–Trinajstić information content (AvgIpc) is 2.14. The lowest BCUT2D eigenvalue weighted by Gasteiger charge is -2.37. The molecule has 0 aromatic rings. The van der Waals surface area contributed by atoms with Crippen molar-refractivity contribution in [2.45, 2.75) is 46.1 Å². The van der Waals surface area contributed by atoms with Gasteiger partial charge in [-0.05, 0) is 30.6 Å². The van der Waals surface area contributed by atoms with Crippen molar-refractivity contribution >= 4 is 0 Å². The van der Waals surface area contributed by atoms with E-state index >= 15 is 0 Å². The van der Waals surface area contributed by atoms with Gasteiger partial charge in [-0.15, -0.1) is 0 Å². The Morgan fingerprint density at radius 3 is 2.64 bits per heavy atom. The van der Waals surface area contributed by atoms with Crippen LogP contribution in [0, 0.1) is 17.8 Å². The highest BCUT2D eigenvalue weighted by Gasteiger charge is 2.30. The molecule has 1 aliphatic rings. The Kier molecular flexibility index (Phi) is 4.90. The molecule has 0 radical (unpaired) electrons. The summed E-state index contributed by atoms with van der Waals surface area (Å²) in [7, 11) is 0. The van der Waals surface area contributed by atoms with E-state index in [9.17, 15) is 0 Å². The molecule has 84 valence electrons. The van der Waals surface area contributed by atoms with Crippen LogP contribution in [0.2, 0.25) is 0 Å². The fourth-order valence-corrected chi connectivity index (χ4v) is 2.51. The van der Waals surface area contributed by atoms with Crippen LogP contribution in [0.1, 0.15) is 40.0 Å². The first-order valence-corrected chi connectivity index (χ1v) is 5.87. The minimum Gasteiger partial charge on any atom is -0.394 e. The summed E-state index contributed by atoms with van der Waals surface area (Å²) in [5.41, 5.74) is 0. The van der Waals surface area contributed by atoms with Gasteiger partial charge in [0.2, 0.25) is 0 Å². The molecule has 0 aromatic heterocycles. The molecule has 1 aliphatic carbocycles. The molecule has 0 aromatic carbocycles. The van der Waals surface area contributed by atoms with Crippen LogP contribution in [0.3, 0.4) is 0 Å². The summed E-state index contributed by atoms with van der Waals surface area (Å²) in [6, 6.07) is 0. The zero-order valence-corrected chi connectivity index (χ0v) is 9.70. The molecule has 2 heteroatoms. The number of hydrogen-bond acceptors (Lipinski definition) is 2. The van der Waals surface area contributed by atoms with Crippen LogP contribution in [0.15, 0.2) is 0 Å².